The number of anilines is 1. The lowest BCUT2D eigenvalue weighted by molar-refractivity contribution is 0.701. The number of para-hydroxylation sites is 1. The predicted molar refractivity (Wildman–Crippen MR) is 73.5 cm³/mol. The molecule has 0 aliphatic heterocycles. The van der Waals surface area contributed by atoms with Crippen LogP contribution in [0.2, 0.25) is 0 Å². The average molecular weight is 243 g/mol. The zero-order valence-corrected chi connectivity index (χ0v) is 10.4. The predicted octanol–water partition coefficient (Wildman–Crippen LogP) is 2.51. The molecule has 0 aliphatic carbocycles. The highest BCUT2D eigenvalue weighted by Gasteiger charge is 2.09. The summed E-state index contributed by atoms with van der Waals surface area (Å²) in [5.41, 5.74) is 1.95. The molecule has 2 nitrogen and oxygen atoms in total. The van der Waals surface area contributed by atoms with Gasteiger partial charge in [0, 0.05) is 18.3 Å². The Hall–Kier alpha value is -1.87. The van der Waals surface area contributed by atoms with Crippen LogP contribution in [0.4, 0.5) is 5.69 Å². The summed E-state index contributed by atoms with van der Waals surface area (Å²) < 4.78 is 11.3. The van der Waals surface area contributed by atoms with E-state index in [1.54, 1.807) is 0 Å². The highest BCUT2D eigenvalue weighted by Crippen LogP contribution is 2.14. The minimum atomic E-state index is 0.519. The summed E-state index contributed by atoms with van der Waals surface area (Å²) >= 11 is 0.519. The summed E-state index contributed by atoms with van der Waals surface area (Å²) in [6.07, 6.45) is 0. The van der Waals surface area contributed by atoms with Crippen molar-refractivity contribution in [3.8, 4) is 0 Å². The molecule has 0 amide bonds. The normalized spacial score (nSPS) is 9.71. The van der Waals surface area contributed by atoms with Gasteiger partial charge in [0.25, 0.3) is 0 Å². The van der Waals surface area contributed by atoms with Crippen LogP contribution in [0.3, 0.4) is 0 Å². The maximum Gasteiger partial charge on any atom is 0.143 e. The molecule has 0 saturated heterocycles. The van der Waals surface area contributed by atoms with Crippen molar-refractivity contribution < 1.29 is 4.21 Å². The Morgan fingerprint density at radius 3 is 2.00 bits per heavy atom. The molecule has 0 aliphatic rings. The lowest BCUT2D eigenvalue weighted by atomic mass is 10.2. The fraction of sp³-hybridized carbons (Fsp3) is 0.0714. The van der Waals surface area contributed by atoms with E-state index in [-0.39, 0.29) is 0 Å². The largest absolute Gasteiger partial charge is 0.333 e. The van der Waals surface area contributed by atoms with Gasteiger partial charge in [0.1, 0.15) is 16.2 Å². The summed E-state index contributed by atoms with van der Waals surface area (Å²) in [6, 6.07) is 19.6. The first-order chi connectivity index (χ1) is 8.33. The molecule has 0 atom stereocenters. The SMILES string of the molecule is CN(C(=S=O)c1ccccc1)c1ccccc1. The summed E-state index contributed by atoms with van der Waals surface area (Å²) in [6.45, 7) is 0. The Morgan fingerprint density at radius 2 is 1.47 bits per heavy atom. The number of rotatable bonds is 2. The molecule has 0 aromatic heterocycles. The third-order valence-electron chi connectivity index (χ3n) is 2.55. The summed E-state index contributed by atoms with van der Waals surface area (Å²) in [7, 11) is 1.91. The van der Waals surface area contributed by atoms with Gasteiger partial charge in [-0.25, -0.2) is 4.21 Å². The van der Waals surface area contributed by atoms with E-state index in [1.165, 1.54) is 0 Å². The molecule has 0 unspecified atom stereocenters. The minimum absolute atomic E-state index is 0.519. The molecule has 0 N–H and O–H groups in total. The van der Waals surface area contributed by atoms with Crippen molar-refractivity contribution in [2.45, 2.75) is 0 Å². The van der Waals surface area contributed by atoms with Crippen LogP contribution in [0.5, 0.6) is 0 Å². The lowest BCUT2D eigenvalue weighted by Gasteiger charge is -2.19. The molecule has 86 valence electrons. The van der Waals surface area contributed by atoms with Crippen molar-refractivity contribution in [3.63, 3.8) is 0 Å². The van der Waals surface area contributed by atoms with Crippen molar-refractivity contribution in [3.05, 3.63) is 66.2 Å². The molecular weight excluding hydrogens is 230 g/mol. The second-order valence-electron chi connectivity index (χ2n) is 3.65. The van der Waals surface area contributed by atoms with E-state index >= 15 is 0 Å². The fourth-order valence-corrected chi connectivity index (χ4v) is 2.10. The van der Waals surface area contributed by atoms with Gasteiger partial charge in [-0.2, -0.15) is 0 Å². The molecule has 0 spiro atoms. The first-order valence-corrected chi connectivity index (χ1v) is 6.08. The Morgan fingerprint density at radius 1 is 0.941 bits per heavy atom. The van der Waals surface area contributed by atoms with Crippen LogP contribution >= 0.6 is 0 Å². The molecular formula is C14H13NOS. The smallest absolute Gasteiger partial charge is 0.143 e. The van der Waals surface area contributed by atoms with Gasteiger partial charge in [0.15, 0.2) is 0 Å². The van der Waals surface area contributed by atoms with E-state index < -0.39 is 0 Å². The molecule has 0 heterocycles. The molecule has 17 heavy (non-hydrogen) atoms. The summed E-state index contributed by atoms with van der Waals surface area (Å²) in [4.78, 5) is 2.62. The first kappa shape index (κ1) is 11.6. The monoisotopic (exact) mass is 243 g/mol. The van der Waals surface area contributed by atoms with Crippen molar-refractivity contribution in [1.29, 1.82) is 0 Å². The first-order valence-electron chi connectivity index (χ1n) is 5.34. The molecule has 0 fully saturated rings. The third kappa shape index (κ3) is 2.63. The summed E-state index contributed by atoms with van der Waals surface area (Å²) in [5.74, 6) is 0. The highest BCUT2D eigenvalue weighted by atomic mass is 32.1. The molecule has 2 rings (SSSR count). The van der Waals surface area contributed by atoms with Gasteiger partial charge in [-0.15, -0.1) is 0 Å². The van der Waals surface area contributed by atoms with Gasteiger partial charge in [-0.1, -0.05) is 48.5 Å². The van der Waals surface area contributed by atoms with Crippen LogP contribution in [-0.2, 0) is 11.3 Å². The van der Waals surface area contributed by atoms with Crippen LogP contribution < -0.4 is 4.90 Å². The molecule has 0 radical (unpaired) electrons. The van der Waals surface area contributed by atoms with Gasteiger partial charge in [0.2, 0.25) is 0 Å². The van der Waals surface area contributed by atoms with Crippen LogP contribution in [-0.4, -0.2) is 16.2 Å². The van der Waals surface area contributed by atoms with Gasteiger partial charge < -0.3 is 4.90 Å². The zero-order valence-electron chi connectivity index (χ0n) is 9.54. The van der Waals surface area contributed by atoms with E-state index in [4.69, 9.17) is 0 Å². The van der Waals surface area contributed by atoms with E-state index in [0.717, 1.165) is 11.3 Å². The van der Waals surface area contributed by atoms with Gasteiger partial charge in [0.05, 0.1) is 0 Å². The van der Waals surface area contributed by atoms with Gasteiger partial charge in [-0.3, -0.25) is 0 Å². The van der Waals surface area contributed by atoms with Crippen LogP contribution in [0.25, 0.3) is 0 Å². The number of hydrogen-bond donors (Lipinski definition) is 0. The van der Waals surface area contributed by atoms with Crippen molar-refractivity contribution in [1.82, 2.24) is 0 Å². The molecule has 2 aromatic carbocycles. The molecule has 0 saturated carbocycles. The van der Waals surface area contributed by atoms with E-state index in [2.05, 4.69) is 0 Å². The third-order valence-corrected chi connectivity index (χ3v) is 3.22. The molecule has 3 heteroatoms. The van der Waals surface area contributed by atoms with Gasteiger partial charge >= 0.3 is 0 Å². The fourth-order valence-electron chi connectivity index (χ4n) is 1.65. The van der Waals surface area contributed by atoms with E-state index in [0.29, 0.717) is 16.2 Å². The second-order valence-corrected chi connectivity index (χ2v) is 4.20. The van der Waals surface area contributed by atoms with Crippen molar-refractivity contribution in [2.24, 2.45) is 0 Å². The minimum Gasteiger partial charge on any atom is -0.333 e. The topological polar surface area (TPSA) is 20.3 Å². The van der Waals surface area contributed by atoms with E-state index in [1.807, 2.05) is 72.6 Å². The maximum atomic E-state index is 11.3. The highest BCUT2D eigenvalue weighted by molar-refractivity contribution is 7.67. The second kappa shape index (κ2) is 5.46. The van der Waals surface area contributed by atoms with Gasteiger partial charge in [-0.05, 0) is 12.1 Å². The number of benzene rings is 2. The van der Waals surface area contributed by atoms with Crippen LogP contribution in [0, 0.1) is 0 Å². The van der Waals surface area contributed by atoms with Crippen LogP contribution in [0.1, 0.15) is 5.56 Å². The average Bonchev–Trinajstić information content (AvgIpc) is 2.42. The lowest BCUT2D eigenvalue weighted by Crippen LogP contribution is -2.26. The number of hydrogen-bond acceptors (Lipinski definition) is 1. The Balaban J connectivity index is 2.36. The Kier molecular flexibility index (Phi) is 3.73. The Labute approximate surface area is 105 Å². The molecule has 2 aromatic rings. The number of nitrogens with zero attached hydrogens (tertiary/aromatic N) is 1. The molecule has 0 bridgehead atoms. The van der Waals surface area contributed by atoms with Crippen molar-refractivity contribution in [2.75, 3.05) is 11.9 Å². The quantitative estimate of drug-likeness (QED) is 0.755. The van der Waals surface area contributed by atoms with E-state index in [9.17, 15) is 4.21 Å². The standard InChI is InChI=1S/C14H13NOS/c1-15(13-10-6-3-7-11-13)14(17-16)12-8-4-2-5-9-12/h2-11H,1H3. The zero-order chi connectivity index (χ0) is 12.1. The van der Waals surface area contributed by atoms with Crippen molar-refractivity contribution >= 4 is 21.9 Å². The Bertz CT molecular complexity index is 533. The van der Waals surface area contributed by atoms with Crippen LogP contribution in [0.15, 0.2) is 60.7 Å². The summed E-state index contributed by atoms with van der Waals surface area (Å²) in [5, 5.41) is 0. The maximum absolute atomic E-state index is 11.3.